The summed E-state index contributed by atoms with van der Waals surface area (Å²) in [6.07, 6.45) is 0.0549. The lowest BCUT2D eigenvalue weighted by atomic mass is 10.0. The molecule has 1 saturated heterocycles. The highest BCUT2D eigenvalue weighted by atomic mass is 35.5. The number of rotatable bonds is 3. The summed E-state index contributed by atoms with van der Waals surface area (Å²) in [5.41, 5.74) is 0. The van der Waals surface area contributed by atoms with Gasteiger partial charge in [-0.3, -0.25) is 0 Å². The van der Waals surface area contributed by atoms with E-state index in [9.17, 15) is 17.9 Å². The smallest absolute Gasteiger partial charge is 0.244 e. The van der Waals surface area contributed by atoms with Crippen molar-refractivity contribution < 1.29 is 17.9 Å². The van der Waals surface area contributed by atoms with E-state index in [2.05, 4.69) is 0 Å². The predicted molar refractivity (Wildman–Crippen MR) is 70.0 cm³/mol. The number of hydrogen-bond acceptors (Lipinski definition) is 3. The molecule has 0 aromatic heterocycles. The van der Waals surface area contributed by atoms with Gasteiger partial charge in [0.15, 0.2) is 0 Å². The molecule has 19 heavy (non-hydrogen) atoms. The van der Waals surface area contributed by atoms with Crippen LogP contribution in [0.1, 0.15) is 13.3 Å². The van der Waals surface area contributed by atoms with Gasteiger partial charge < -0.3 is 5.11 Å². The zero-order valence-corrected chi connectivity index (χ0v) is 12.0. The Bertz CT molecular complexity index is 576. The van der Waals surface area contributed by atoms with Gasteiger partial charge in [-0.2, -0.15) is 4.31 Å². The zero-order chi connectivity index (χ0) is 14.2. The molecule has 0 aliphatic carbocycles. The molecule has 1 N–H and O–H groups in total. The molecule has 7 heteroatoms. The summed E-state index contributed by atoms with van der Waals surface area (Å²) in [6, 6.07) is 3.22. The maximum atomic E-state index is 13.0. The largest absolute Gasteiger partial charge is 0.393 e. The van der Waals surface area contributed by atoms with Gasteiger partial charge in [-0.1, -0.05) is 11.6 Å². The summed E-state index contributed by atoms with van der Waals surface area (Å²) in [4.78, 5) is -0.0955. The number of sulfonamides is 1. The maximum absolute atomic E-state index is 13.0. The molecular weight excluding hydrogens is 293 g/mol. The standard InChI is InChI=1S/C12H15ClFNO3S/c1-8(16)9-4-5-15(7-9)19(17,18)12-3-2-10(14)6-11(12)13/h2-3,6,8-9,16H,4-5,7H2,1H3. The molecule has 0 spiro atoms. The highest BCUT2D eigenvalue weighted by molar-refractivity contribution is 7.89. The molecule has 1 aliphatic rings. The topological polar surface area (TPSA) is 57.6 Å². The van der Waals surface area contributed by atoms with Crippen molar-refractivity contribution in [1.82, 2.24) is 4.31 Å². The minimum Gasteiger partial charge on any atom is -0.393 e. The second-order valence-corrected chi connectivity index (χ2v) is 7.04. The van der Waals surface area contributed by atoms with Crippen molar-refractivity contribution >= 4 is 21.6 Å². The molecule has 2 rings (SSSR count). The summed E-state index contributed by atoms with van der Waals surface area (Å²) in [7, 11) is -3.73. The number of hydrogen-bond donors (Lipinski definition) is 1. The fraction of sp³-hybridized carbons (Fsp3) is 0.500. The van der Waals surface area contributed by atoms with Crippen LogP contribution in [0, 0.1) is 11.7 Å². The van der Waals surface area contributed by atoms with Gasteiger partial charge in [-0.05, 0) is 37.5 Å². The summed E-state index contributed by atoms with van der Waals surface area (Å²) in [5, 5.41) is 9.38. The lowest BCUT2D eigenvalue weighted by molar-refractivity contribution is 0.133. The first-order valence-electron chi connectivity index (χ1n) is 5.95. The van der Waals surface area contributed by atoms with Gasteiger partial charge >= 0.3 is 0 Å². The van der Waals surface area contributed by atoms with Crippen LogP contribution in [0.25, 0.3) is 0 Å². The van der Waals surface area contributed by atoms with Crippen molar-refractivity contribution in [3.8, 4) is 0 Å². The van der Waals surface area contributed by atoms with Gasteiger partial charge in [0.05, 0.1) is 11.1 Å². The molecule has 1 aromatic rings. The third-order valence-electron chi connectivity index (χ3n) is 3.38. The molecule has 1 aliphatic heterocycles. The van der Waals surface area contributed by atoms with Gasteiger partial charge in [0, 0.05) is 13.1 Å². The minimum atomic E-state index is -3.73. The summed E-state index contributed by atoms with van der Waals surface area (Å²) in [5.74, 6) is -0.652. The van der Waals surface area contributed by atoms with Crippen LogP contribution in [0.4, 0.5) is 4.39 Å². The van der Waals surface area contributed by atoms with Crippen LogP contribution in [0.5, 0.6) is 0 Å². The molecule has 2 atom stereocenters. The SMILES string of the molecule is CC(O)C1CCN(S(=O)(=O)c2ccc(F)cc2Cl)C1. The van der Waals surface area contributed by atoms with Crippen LogP contribution in [-0.2, 0) is 10.0 Å². The molecule has 1 heterocycles. The van der Waals surface area contributed by atoms with E-state index in [1.165, 1.54) is 10.4 Å². The molecule has 1 fully saturated rings. The third kappa shape index (κ3) is 2.91. The second-order valence-electron chi connectivity index (χ2n) is 4.73. The predicted octanol–water partition coefficient (Wildman–Crippen LogP) is 1.87. The third-order valence-corrected chi connectivity index (χ3v) is 5.73. The van der Waals surface area contributed by atoms with Gasteiger partial charge in [0.25, 0.3) is 0 Å². The number of aliphatic hydroxyl groups is 1. The Labute approximate surface area is 116 Å². The Hall–Kier alpha value is -0.690. The van der Waals surface area contributed by atoms with E-state index in [-0.39, 0.29) is 22.4 Å². The molecule has 0 saturated carbocycles. The quantitative estimate of drug-likeness (QED) is 0.927. The van der Waals surface area contributed by atoms with Gasteiger partial charge in [0.1, 0.15) is 10.7 Å². The van der Waals surface area contributed by atoms with Crippen LogP contribution in [-0.4, -0.2) is 37.0 Å². The summed E-state index contributed by atoms with van der Waals surface area (Å²) >= 11 is 5.80. The van der Waals surface area contributed by atoms with Crippen LogP contribution in [0.15, 0.2) is 23.1 Å². The second kappa shape index (κ2) is 5.36. The van der Waals surface area contributed by atoms with Crippen LogP contribution in [0.3, 0.4) is 0 Å². The normalized spacial score (nSPS) is 22.6. The van der Waals surface area contributed by atoms with Crippen molar-refractivity contribution in [1.29, 1.82) is 0 Å². The Morgan fingerprint density at radius 3 is 2.74 bits per heavy atom. The van der Waals surface area contributed by atoms with E-state index in [0.717, 1.165) is 12.1 Å². The molecule has 0 radical (unpaired) electrons. The Morgan fingerprint density at radius 1 is 1.53 bits per heavy atom. The van der Waals surface area contributed by atoms with Crippen molar-refractivity contribution in [2.24, 2.45) is 5.92 Å². The van der Waals surface area contributed by atoms with E-state index in [1.54, 1.807) is 6.92 Å². The average Bonchev–Trinajstić information content (AvgIpc) is 2.78. The van der Waals surface area contributed by atoms with Crippen LogP contribution >= 0.6 is 11.6 Å². The minimum absolute atomic E-state index is 0.0750. The van der Waals surface area contributed by atoms with Crippen LogP contribution in [0.2, 0.25) is 5.02 Å². The first kappa shape index (κ1) is 14.7. The summed E-state index contributed by atoms with van der Waals surface area (Å²) < 4.78 is 39.0. The first-order valence-corrected chi connectivity index (χ1v) is 7.77. The van der Waals surface area contributed by atoms with Crippen molar-refractivity contribution in [3.05, 3.63) is 29.0 Å². The van der Waals surface area contributed by atoms with Crippen LogP contribution < -0.4 is 0 Å². The van der Waals surface area contributed by atoms with Crippen molar-refractivity contribution in [2.45, 2.75) is 24.3 Å². The van der Waals surface area contributed by atoms with Gasteiger partial charge in [0.2, 0.25) is 10.0 Å². The first-order chi connectivity index (χ1) is 8.82. The van der Waals surface area contributed by atoms with E-state index in [1.807, 2.05) is 0 Å². The van der Waals surface area contributed by atoms with Crippen molar-refractivity contribution in [2.75, 3.05) is 13.1 Å². The fourth-order valence-corrected chi connectivity index (χ4v) is 4.21. The number of benzene rings is 1. The lowest BCUT2D eigenvalue weighted by Gasteiger charge is -2.18. The Balaban J connectivity index is 2.29. The van der Waals surface area contributed by atoms with E-state index >= 15 is 0 Å². The monoisotopic (exact) mass is 307 g/mol. The molecule has 2 unspecified atom stereocenters. The molecule has 4 nitrogen and oxygen atoms in total. The van der Waals surface area contributed by atoms with E-state index in [4.69, 9.17) is 11.6 Å². The van der Waals surface area contributed by atoms with E-state index < -0.39 is 21.9 Å². The number of aliphatic hydroxyl groups excluding tert-OH is 1. The fourth-order valence-electron chi connectivity index (χ4n) is 2.19. The van der Waals surface area contributed by atoms with Crippen molar-refractivity contribution in [3.63, 3.8) is 0 Å². The van der Waals surface area contributed by atoms with Gasteiger partial charge in [-0.15, -0.1) is 0 Å². The molecule has 0 amide bonds. The molecular formula is C12H15ClFNO3S. The Kier molecular flexibility index (Phi) is 4.15. The Morgan fingerprint density at radius 2 is 2.21 bits per heavy atom. The number of halogens is 2. The van der Waals surface area contributed by atoms with E-state index in [0.29, 0.717) is 13.0 Å². The number of nitrogens with zero attached hydrogens (tertiary/aromatic N) is 1. The maximum Gasteiger partial charge on any atom is 0.244 e. The average molecular weight is 308 g/mol. The summed E-state index contributed by atoms with van der Waals surface area (Å²) in [6.45, 7) is 2.24. The lowest BCUT2D eigenvalue weighted by Crippen LogP contribution is -2.30. The van der Waals surface area contributed by atoms with Gasteiger partial charge in [-0.25, -0.2) is 12.8 Å². The molecule has 0 bridgehead atoms. The molecule has 1 aromatic carbocycles. The highest BCUT2D eigenvalue weighted by Gasteiger charge is 2.35. The molecule has 106 valence electrons. The zero-order valence-electron chi connectivity index (χ0n) is 10.4. The highest BCUT2D eigenvalue weighted by Crippen LogP contribution is 2.30.